The van der Waals surface area contributed by atoms with Crippen molar-refractivity contribution in [1.82, 2.24) is 0 Å². The normalized spacial score (nSPS) is 24.2. The van der Waals surface area contributed by atoms with Gasteiger partial charge < -0.3 is 10.3 Å². The Morgan fingerprint density at radius 2 is 1.89 bits per heavy atom. The zero-order chi connectivity index (χ0) is 13.1. The van der Waals surface area contributed by atoms with Gasteiger partial charge in [0.2, 0.25) is 0 Å². The fourth-order valence-corrected chi connectivity index (χ4v) is 3.10. The summed E-state index contributed by atoms with van der Waals surface area (Å²) in [6, 6.07) is 5.14. The van der Waals surface area contributed by atoms with Crippen molar-refractivity contribution in [3.05, 3.63) is 33.8 Å². The van der Waals surface area contributed by atoms with Crippen molar-refractivity contribution in [3.63, 3.8) is 0 Å². The van der Waals surface area contributed by atoms with Gasteiger partial charge in [-0.2, -0.15) is 0 Å². The zero-order valence-corrected chi connectivity index (χ0v) is 11.3. The number of aliphatic hydroxyl groups excluding tert-OH is 1. The summed E-state index contributed by atoms with van der Waals surface area (Å²) in [7, 11) is 0. The molecule has 2 rings (SSSR count). The van der Waals surface area contributed by atoms with E-state index in [4.69, 9.17) is 28.4 Å². The monoisotopic (exact) mass is 287 g/mol. The summed E-state index contributed by atoms with van der Waals surface area (Å²) in [5.74, 6) is -0.207. The van der Waals surface area contributed by atoms with Crippen molar-refractivity contribution in [2.24, 2.45) is 11.1 Å². The number of aliphatic hydroxyl groups is 1. The zero-order valence-electron chi connectivity index (χ0n) is 9.81. The van der Waals surface area contributed by atoms with Gasteiger partial charge in [0, 0.05) is 21.5 Å². The summed E-state index contributed by atoms with van der Waals surface area (Å²) in [6.45, 7) is 0. The first-order chi connectivity index (χ1) is 8.65. The van der Waals surface area contributed by atoms with Crippen LogP contribution in [0.25, 0.3) is 0 Å². The average Bonchev–Trinajstić information content (AvgIpc) is 2.38. The standard InChI is InChI=1S/C13H15Cl2NO2/c14-9-5-3-6-10(15)12(9)13(17)8-4-1-2-7-11(8)16-18/h3,5-6,8,13,17-18H,1-2,4,7H2. The summed E-state index contributed by atoms with van der Waals surface area (Å²) in [6.07, 6.45) is 2.65. The Labute approximate surface area is 116 Å². The van der Waals surface area contributed by atoms with Gasteiger partial charge in [-0.25, -0.2) is 0 Å². The molecule has 0 amide bonds. The number of rotatable bonds is 2. The van der Waals surface area contributed by atoms with E-state index in [1.807, 2.05) is 0 Å². The van der Waals surface area contributed by atoms with Crippen molar-refractivity contribution in [2.75, 3.05) is 0 Å². The molecule has 1 fully saturated rings. The van der Waals surface area contributed by atoms with E-state index in [1.165, 1.54) is 0 Å². The van der Waals surface area contributed by atoms with Gasteiger partial charge in [-0.3, -0.25) is 0 Å². The molecular weight excluding hydrogens is 273 g/mol. The highest BCUT2D eigenvalue weighted by molar-refractivity contribution is 6.36. The van der Waals surface area contributed by atoms with Crippen LogP contribution >= 0.6 is 23.2 Å². The molecule has 0 heterocycles. The van der Waals surface area contributed by atoms with Crippen molar-refractivity contribution >= 4 is 28.9 Å². The Hall–Kier alpha value is -0.770. The first-order valence-electron chi connectivity index (χ1n) is 5.98. The van der Waals surface area contributed by atoms with Gasteiger partial charge in [-0.15, -0.1) is 0 Å². The van der Waals surface area contributed by atoms with Crippen LogP contribution in [0.4, 0.5) is 0 Å². The lowest BCUT2D eigenvalue weighted by atomic mass is 9.81. The van der Waals surface area contributed by atoms with E-state index in [0.29, 0.717) is 27.7 Å². The molecule has 1 aliphatic carbocycles. The second kappa shape index (κ2) is 5.91. The third-order valence-electron chi connectivity index (χ3n) is 3.43. The molecule has 0 saturated heterocycles. The Balaban J connectivity index is 2.32. The third-order valence-corrected chi connectivity index (χ3v) is 4.09. The minimum atomic E-state index is -0.822. The maximum Gasteiger partial charge on any atom is 0.0900 e. The van der Waals surface area contributed by atoms with Crippen molar-refractivity contribution in [2.45, 2.75) is 31.8 Å². The van der Waals surface area contributed by atoms with Gasteiger partial charge >= 0.3 is 0 Å². The number of halogens is 2. The van der Waals surface area contributed by atoms with Crippen LogP contribution in [0.2, 0.25) is 10.0 Å². The fourth-order valence-electron chi connectivity index (χ4n) is 2.48. The fraction of sp³-hybridized carbons (Fsp3) is 0.462. The second-order valence-corrected chi connectivity index (χ2v) is 5.34. The van der Waals surface area contributed by atoms with E-state index in [1.54, 1.807) is 18.2 Å². The topological polar surface area (TPSA) is 52.8 Å². The molecule has 1 aromatic rings. The highest BCUT2D eigenvalue weighted by Crippen LogP contribution is 2.38. The first-order valence-corrected chi connectivity index (χ1v) is 6.73. The van der Waals surface area contributed by atoms with E-state index in [-0.39, 0.29) is 5.92 Å². The van der Waals surface area contributed by atoms with E-state index < -0.39 is 6.10 Å². The number of benzene rings is 1. The highest BCUT2D eigenvalue weighted by atomic mass is 35.5. The Bertz CT molecular complexity index is 442. The molecule has 98 valence electrons. The molecular formula is C13H15Cl2NO2. The molecule has 18 heavy (non-hydrogen) atoms. The number of hydrogen-bond donors (Lipinski definition) is 2. The van der Waals surface area contributed by atoms with Gasteiger partial charge in [-0.05, 0) is 31.4 Å². The largest absolute Gasteiger partial charge is 0.411 e. The third kappa shape index (κ3) is 2.63. The lowest BCUT2D eigenvalue weighted by Crippen LogP contribution is -2.26. The van der Waals surface area contributed by atoms with Crippen LogP contribution in [-0.2, 0) is 0 Å². The summed E-state index contributed by atoms with van der Waals surface area (Å²) in [5, 5.41) is 23.6. The van der Waals surface area contributed by atoms with E-state index in [0.717, 1.165) is 19.3 Å². The number of hydrogen-bond acceptors (Lipinski definition) is 3. The molecule has 5 heteroatoms. The molecule has 2 N–H and O–H groups in total. The van der Waals surface area contributed by atoms with Crippen molar-refractivity contribution < 1.29 is 10.3 Å². The van der Waals surface area contributed by atoms with Crippen LogP contribution in [0.5, 0.6) is 0 Å². The minimum Gasteiger partial charge on any atom is -0.411 e. The highest BCUT2D eigenvalue weighted by Gasteiger charge is 2.31. The van der Waals surface area contributed by atoms with Crippen LogP contribution in [0.1, 0.15) is 37.4 Å². The molecule has 0 spiro atoms. The Kier molecular flexibility index (Phi) is 4.49. The summed E-state index contributed by atoms with van der Waals surface area (Å²) >= 11 is 12.2. The van der Waals surface area contributed by atoms with E-state index >= 15 is 0 Å². The molecule has 0 radical (unpaired) electrons. The molecule has 2 unspecified atom stereocenters. The van der Waals surface area contributed by atoms with Crippen LogP contribution in [0.15, 0.2) is 23.4 Å². The molecule has 1 saturated carbocycles. The maximum absolute atomic E-state index is 10.4. The Morgan fingerprint density at radius 1 is 1.22 bits per heavy atom. The quantitative estimate of drug-likeness (QED) is 0.637. The van der Waals surface area contributed by atoms with Crippen LogP contribution in [-0.4, -0.2) is 16.0 Å². The van der Waals surface area contributed by atoms with Gasteiger partial charge in [0.05, 0.1) is 11.8 Å². The Morgan fingerprint density at radius 3 is 2.50 bits per heavy atom. The summed E-state index contributed by atoms with van der Waals surface area (Å²) < 4.78 is 0. The van der Waals surface area contributed by atoms with Crippen molar-refractivity contribution in [1.29, 1.82) is 0 Å². The van der Waals surface area contributed by atoms with Gasteiger partial charge in [0.1, 0.15) is 0 Å². The summed E-state index contributed by atoms with van der Waals surface area (Å²) in [5.41, 5.74) is 1.15. The minimum absolute atomic E-state index is 0.207. The van der Waals surface area contributed by atoms with Gasteiger partial charge in [-0.1, -0.05) is 40.8 Å². The molecule has 0 aliphatic heterocycles. The van der Waals surface area contributed by atoms with E-state index in [2.05, 4.69) is 5.16 Å². The number of nitrogens with zero attached hydrogens (tertiary/aromatic N) is 1. The molecule has 2 atom stereocenters. The summed E-state index contributed by atoms with van der Waals surface area (Å²) in [4.78, 5) is 0. The van der Waals surface area contributed by atoms with Gasteiger partial charge in [0.25, 0.3) is 0 Å². The lowest BCUT2D eigenvalue weighted by Gasteiger charge is -2.28. The molecule has 1 aromatic carbocycles. The molecule has 0 bridgehead atoms. The number of oxime groups is 1. The lowest BCUT2D eigenvalue weighted by molar-refractivity contribution is 0.127. The SMILES string of the molecule is ON=C1CCCCC1C(O)c1c(Cl)cccc1Cl. The van der Waals surface area contributed by atoms with Crippen LogP contribution in [0, 0.1) is 5.92 Å². The molecule has 3 nitrogen and oxygen atoms in total. The predicted molar refractivity (Wildman–Crippen MR) is 72.6 cm³/mol. The molecule has 0 aromatic heterocycles. The van der Waals surface area contributed by atoms with Crippen molar-refractivity contribution in [3.8, 4) is 0 Å². The average molecular weight is 288 g/mol. The van der Waals surface area contributed by atoms with Crippen LogP contribution in [0.3, 0.4) is 0 Å². The van der Waals surface area contributed by atoms with Crippen LogP contribution < -0.4 is 0 Å². The van der Waals surface area contributed by atoms with E-state index in [9.17, 15) is 5.11 Å². The molecule has 1 aliphatic rings. The maximum atomic E-state index is 10.4. The van der Waals surface area contributed by atoms with Gasteiger partial charge in [0.15, 0.2) is 0 Å². The smallest absolute Gasteiger partial charge is 0.0900 e. The first kappa shape index (κ1) is 13.7. The second-order valence-electron chi connectivity index (χ2n) is 4.52. The predicted octanol–water partition coefficient (Wildman–Crippen LogP) is 4.05.